The Bertz CT molecular complexity index is 655. The summed E-state index contributed by atoms with van der Waals surface area (Å²) in [5.41, 5.74) is 1.45. The molecule has 0 saturated heterocycles. The zero-order chi connectivity index (χ0) is 15.4. The first-order valence-corrected chi connectivity index (χ1v) is 7.16. The Morgan fingerprint density at radius 1 is 1.38 bits per heavy atom. The van der Waals surface area contributed by atoms with Crippen LogP contribution in [0.15, 0.2) is 29.8 Å². The number of amides is 2. The molecule has 0 fully saturated rings. The van der Waals surface area contributed by atoms with Crippen LogP contribution in [-0.4, -0.2) is 22.1 Å². The lowest BCUT2D eigenvalue weighted by Crippen LogP contribution is -2.31. The summed E-state index contributed by atoms with van der Waals surface area (Å²) in [6.45, 7) is 3.59. The number of aryl methyl sites for hydroxylation is 1. The van der Waals surface area contributed by atoms with Crippen LogP contribution in [0.4, 0.5) is 10.5 Å². The van der Waals surface area contributed by atoms with Crippen LogP contribution >= 0.6 is 11.3 Å². The van der Waals surface area contributed by atoms with Gasteiger partial charge in [0.05, 0.1) is 11.6 Å². The molecule has 0 radical (unpaired) electrons. The number of aromatic carboxylic acids is 1. The maximum absolute atomic E-state index is 11.9. The number of carbonyl (C=O) groups is 2. The van der Waals surface area contributed by atoms with Crippen molar-refractivity contribution in [1.29, 1.82) is 0 Å². The minimum Gasteiger partial charge on any atom is -0.478 e. The molecule has 0 bridgehead atoms. The number of rotatable bonds is 4. The van der Waals surface area contributed by atoms with Crippen molar-refractivity contribution in [3.05, 3.63) is 45.9 Å². The number of hydrogen-bond acceptors (Lipinski definition) is 4. The topological polar surface area (TPSA) is 91.3 Å². The van der Waals surface area contributed by atoms with Gasteiger partial charge in [-0.25, -0.2) is 14.6 Å². The Kier molecular flexibility index (Phi) is 4.54. The van der Waals surface area contributed by atoms with E-state index in [1.807, 2.05) is 12.3 Å². The number of carboxylic acid groups (broad SMARTS) is 1. The number of nitrogens with zero attached hydrogens (tertiary/aromatic N) is 1. The fourth-order valence-corrected chi connectivity index (χ4v) is 2.45. The lowest BCUT2D eigenvalue weighted by Gasteiger charge is -2.14. The summed E-state index contributed by atoms with van der Waals surface area (Å²) in [7, 11) is 0. The van der Waals surface area contributed by atoms with Gasteiger partial charge in [0.2, 0.25) is 0 Å². The number of urea groups is 1. The molecule has 1 heterocycles. The van der Waals surface area contributed by atoms with E-state index >= 15 is 0 Å². The first-order chi connectivity index (χ1) is 9.97. The molecule has 2 aromatic rings. The van der Waals surface area contributed by atoms with E-state index in [-0.39, 0.29) is 17.6 Å². The average molecular weight is 305 g/mol. The molecule has 1 aromatic heterocycles. The van der Waals surface area contributed by atoms with Crippen LogP contribution in [0.5, 0.6) is 0 Å². The predicted octanol–water partition coefficient (Wildman–Crippen LogP) is 3.03. The number of benzene rings is 1. The number of carboxylic acids is 1. The van der Waals surface area contributed by atoms with Crippen molar-refractivity contribution in [2.75, 3.05) is 5.32 Å². The lowest BCUT2D eigenvalue weighted by molar-refractivity contribution is 0.0697. The lowest BCUT2D eigenvalue weighted by atomic mass is 10.1. The molecule has 1 unspecified atom stereocenters. The number of aromatic nitrogens is 1. The van der Waals surface area contributed by atoms with Gasteiger partial charge in [0.25, 0.3) is 0 Å². The molecule has 0 spiro atoms. The predicted molar refractivity (Wildman–Crippen MR) is 80.8 cm³/mol. The highest BCUT2D eigenvalue weighted by Crippen LogP contribution is 2.18. The van der Waals surface area contributed by atoms with E-state index in [1.54, 1.807) is 19.2 Å². The third kappa shape index (κ3) is 3.79. The molecule has 6 nitrogen and oxygen atoms in total. The van der Waals surface area contributed by atoms with Gasteiger partial charge in [-0.1, -0.05) is 0 Å². The minimum atomic E-state index is -0.994. The van der Waals surface area contributed by atoms with Crippen molar-refractivity contribution in [2.45, 2.75) is 19.9 Å². The largest absolute Gasteiger partial charge is 0.478 e. The van der Waals surface area contributed by atoms with Crippen molar-refractivity contribution in [2.24, 2.45) is 0 Å². The fourth-order valence-electron chi connectivity index (χ4n) is 1.80. The zero-order valence-corrected chi connectivity index (χ0v) is 12.4. The van der Waals surface area contributed by atoms with Gasteiger partial charge in [-0.15, -0.1) is 11.3 Å². The molecule has 7 heteroatoms. The van der Waals surface area contributed by atoms with Crippen molar-refractivity contribution < 1.29 is 14.7 Å². The molecule has 2 rings (SSSR count). The third-order valence-corrected chi connectivity index (χ3v) is 3.85. The number of carbonyl (C=O) groups excluding carboxylic acids is 1. The van der Waals surface area contributed by atoms with Crippen LogP contribution in [0.3, 0.4) is 0 Å². The van der Waals surface area contributed by atoms with Gasteiger partial charge in [0.1, 0.15) is 5.01 Å². The van der Waals surface area contributed by atoms with Crippen molar-refractivity contribution in [1.82, 2.24) is 10.3 Å². The minimum absolute atomic E-state index is 0.189. The molecule has 1 atom stereocenters. The second-order valence-corrected chi connectivity index (χ2v) is 5.45. The van der Waals surface area contributed by atoms with Gasteiger partial charge in [-0.05, 0) is 37.6 Å². The highest BCUT2D eigenvalue weighted by atomic mass is 32.1. The summed E-state index contributed by atoms with van der Waals surface area (Å²) >= 11 is 1.47. The Morgan fingerprint density at radius 3 is 2.71 bits per heavy atom. The summed E-state index contributed by atoms with van der Waals surface area (Å²) in [5, 5.41) is 17.1. The van der Waals surface area contributed by atoms with Crippen LogP contribution in [0.25, 0.3) is 0 Å². The van der Waals surface area contributed by atoms with E-state index in [4.69, 9.17) is 5.11 Å². The standard InChI is InChI=1S/C14H15N3O3S/c1-8-7-10(13(18)19)3-4-11(8)17-14(20)16-9(2)12-15-5-6-21-12/h3-7,9H,1-2H3,(H,18,19)(H2,16,17,20). The molecule has 110 valence electrons. The number of thiazole rings is 1. The highest BCUT2D eigenvalue weighted by molar-refractivity contribution is 7.09. The van der Waals surface area contributed by atoms with E-state index < -0.39 is 5.97 Å². The van der Waals surface area contributed by atoms with Crippen LogP contribution < -0.4 is 10.6 Å². The Balaban J connectivity index is 2.01. The van der Waals surface area contributed by atoms with Gasteiger partial charge in [-0.3, -0.25) is 0 Å². The average Bonchev–Trinajstić information content (AvgIpc) is 2.94. The van der Waals surface area contributed by atoms with Crippen molar-refractivity contribution in [3.63, 3.8) is 0 Å². The van der Waals surface area contributed by atoms with Gasteiger partial charge < -0.3 is 15.7 Å². The fraction of sp³-hybridized carbons (Fsp3) is 0.214. The van der Waals surface area contributed by atoms with Crippen molar-refractivity contribution >= 4 is 29.0 Å². The number of anilines is 1. The Labute approximate surface area is 125 Å². The molecule has 1 aromatic carbocycles. The van der Waals surface area contributed by atoms with E-state index in [9.17, 15) is 9.59 Å². The van der Waals surface area contributed by atoms with Crippen LogP contribution in [0.2, 0.25) is 0 Å². The second-order valence-electron chi connectivity index (χ2n) is 4.53. The smallest absolute Gasteiger partial charge is 0.335 e. The third-order valence-electron chi connectivity index (χ3n) is 2.89. The summed E-state index contributed by atoms with van der Waals surface area (Å²) in [4.78, 5) is 26.9. The Morgan fingerprint density at radius 2 is 2.14 bits per heavy atom. The second kappa shape index (κ2) is 6.36. The summed E-state index contributed by atoms with van der Waals surface area (Å²) in [6.07, 6.45) is 1.69. The molecule has 0 saturated carbocycles. The first-order valence-electron chi connectivity index (χ1n) is 6.28. The van der Waals surface area contributed by atoms with Gasteiger partial charge in [0.15, 0.2) is 0 Å². The molecule has 0 aliphatic carbocycles. The maximum atomic E-state index is 11.9. The molecule has 2 amide bonds. The number of nitrogens with one attached hydrogen (secondary N) is 2. The first kappa shape index (κ1) is 15.0. The molecule has 21 heavy (non-hydrogen) atoms. The molecule has 3 N–H and O–H groups in total. The van der Waals surface area contributed by atoms with E-state index in [0.717, 1.165) is 5.01 Å². The quantitative estimate of drug-likeness (QED) is 0.809. The molecule has 0 aliphatic rings. The Hall–Kier alpha value is -2.41. The number of hydrogen-bond donors (Lipinski definition) is 3. The van der Waals surface area contributed by atoms with Crippen LogP contribution in [0.1, 0.15) is 33.9 Å². The van der Waals surface area contributed by atoms with Gasteiger partial charge in [0, 0.05) is 17.3 Å². The monoisotopic (exact) mass is 305 g/mol. The SMILES string of the molecule is Cc1cc(C(=O)O)ccc1NC(=O)NC(C)c1nccs1. The maximum Gasteiger partial charge on any atom is 0.335 e. The zero-order valence-electron chi connectivity index (χ0n) is 11.6. The van der Waals surface area contributed by atoms with Crippen molar-refractivity contribution in [3.8, 4) is 0 Å². The summed E-state index contributed by atoms with van der Waals surface area (Å²) in [6, 6.07) is 4.00. The van der Waals surface area contributed by atoms with Gasteiger partial charge >= 0.3 is 12.0 Å². The summed E-state index contributed by atoms with van der Waals surface area (Å²) < 4.78 is 0. The molecular weight excluding hydrogens is 290 g/mol. The van der Waals surface area contributed by atoms with Gasteiger partial charge in [-0.2, -0.15) is 0 Å². The van der Waals surface area contributed by atoms with E-state index in [2.05, 4.69) is 15.6 Å². The van der Waals surface area contributed by atoms with Crippen LogP contribution in [-0.2, 0) is 0 Å². The van der Waals surface area contributed by atoms with E-state index in [1.165, 1.54) is 23.5 Å². The normalized spacial score (nSPS) is 11.7. The molecule has 0 aliphatic heterocycles. The summed E-state index contributed by atoms with van der Waals surface area (Å²) in [5.74, 6) is -0.994. The van der Waals surface area contributed by atoms with E-state index in [0.29, 0.717) is 11.3 Å². The molecular formula is C14H15N3O3S. The highest BCUT2D eigenvalue weighted by Gasteiger charge is 2.13. The van der Waals surface area contributed by atoms with Crippen LogP contribution in [0, 0.1) is 6.92 Å².